The lowest BCUT2D eigenvalue weighted by atomic mass is 10.0. The minimum Gasteiger partial charge on any atom is -1.00 e. The number of aryl methyl sites for hydroxylation is 3. The summed E-state index contributed by atoms with van der Waals surface area (Å²) in [5.74, 6) is -0.234. The number of benzene rings is 1. The van der Waals surface area contributed by atoms with Crippen molar-refractivity contribution in [1.29, 1.82) is 0 Å². The van der Waals surface area contributed by atoms with Gasteiger partial charge in [0.2, 0.25) is 0 Å². The molecule has 0 bridgehead atoms. The molecule has 0 radical (unpaired) electrons. The van der Waals surface area contributed by atoms with Crippen molar-refractivity contribution in [3.05, 3.63) is 65.6 Å². The number of halogens is 1. The second-order valence-electron chi connectivity index (χ2n) is 8.61. The molecule has 32 heavy (non-hydrogen) atoms. The molecule has 0 amide bonds. The van der Waals surface area contributed by atoms with Gasteiger partial charge in [-0.2, -0.15) is 0 Å². The number of ether oxygens (including phenoxy) is 2. The zero-order chi connectivity index (χ0) is 22.6. The average molecular weight is 459 g/mol. The highest BCUT2D eigenvalue weighted by molar-refractivity contribution is 5.92. The van der Waals surface area contributed by atoms with Crippen molar-refractivity contribution in [3.8, 4) is 0 Å². The first-order chi connectivity index (χ1) is 14.7. The first-order valence-corrected chi connectivity index (χ1v) is 10.6. The SMILES string of the molecule is CCc1c[n+](CCc2cn(C(=O)OC(C)(C)C)c3ccccc23)ccc1CC(=O)OC.[Cl-]. The van der Waals surface area contributed by atoms with Gasteiger partial charge in [0.25, 0.3) is 0 Å². The van der Waals surface area contributed by atoms with Gasteiger partial charge < -0.3 is 21.9 Å². The molecular formula is C25H31ClN2O4. The van der Waals surface area contributed by atoms with Crippen LogP contribution in [0.2, 0.25) is 0 Å². The van der Waals surface area contributed by atoms with Crippen LogP contribution in [0.5, 0.6) is 0 Å². The third-order valence-corrected chi connectivity index (χ3v) is 5.17. The number of pyridine rings is 1. The van der Waals surface area contributed by atoms with E-state index in [1.54, 1.807) is 4.57 Å². The predicted octanol–water partition coefficient (Wildman–Crippen LogP) is 1.24. The Kier molecular flexibility index (Phi) is 8.44. The molecule has 0 aliphatic rings. The number of hydrogen-bond donors (Lipinski definition) is 0. The van der Waals surface area contributed by atoms with E-state index in [-0.39, 0.29) is 30.9 Å². The van der Waals surface area contributed by atoms with E-state index in [4.69, 9.17) is 9.47 Å². The zero-order valence-electron chi connectivity index (χ0n) is 19.4. The maximum absolute atomic E-state index is 12.7. The smallest absolute Gasteiger partial charge is 0.419 e. The largest absolute Gasteiger partial charge is 1.00 e. The minimum absolute atomic E-state index is 0. The Hall–Kier alpha value is -2.86. The Bertz CT molecular complexity index is 1100. The van der Waals surface area contributed by atoms with Crippen molar-refractivity contribution in [2.75, 3.05) is 7.11 Å². The van der Waals surface area contributed by atoms with Gasteiger partial charge in [0.15, 0.2) is 18.9 Å². The summed E-state index contributed by atoms with van der Waals surface area (Å²) in [6.45, 7) is 8.43. The lowest BCUT2D eigenvalue weighted by molar-refractivity contribution is -0.696. The topological polar surface area (TPSA) is 61.4 Å². The molecule has 0 saturated heterocycles. The van der Waals surface area contributed by atoms with Gasteiger partial charge in [0.05, 0.1) is 19.0 Å². The number of fused-ring (bicyclic) bond motifs is 1. The molecule has 2 heterocycles. The summed E-state index contributed by atoms with van der Waals surface area (Å²) in [6, 6.07) is 9.87. The Labute approximate surface area is 195 Å². The second kappa shape index (κ2) is 10.6. The van der Waals surface area contributed by atoms with E-state index in [1.165, 1.54) is 7.11 Å². The van der Waals surface area contributed by atoms with Crippen LogP contribution in [-0.2, 0) is 40.1 Å². The van der Waals surface area contributed by atoms with Gasteiger partial charge in [0.1, 0.15) is 5.60 Å². The summed E-state index contributed by atoms with van der Waals surface area (Å²) >= 11 is 0. The number of nitrogens with zero attached hydrogens (tertiary/aromatic N) is 2. The van der Waals surface area contributed by atoms with Gasteiger partial charge in [-0.05, 0) is 44.4 Å². The van der Waals surface area contributed by atoms with Gasteiger partial charge in [-0.25, -0.2) is 9.36 Å². The molecule has 172 valence electrons. The highest BCUT2D eigenvalue weighted by Crippen LogP contribution is 2.23. The molecule has 3 aromatic rings. The highest BCUT2D eigenvalue weighted by Gasteiger charge is 2.21. The van der Waals surface area contributed by atoms with E-state index in [2.05, 4.69) is 17.7 Å². The van der Waals surface area contributed by atoms with Crippen LogP contribution in [0.3, 0.4) is 0 Å². The molecule has 0 spiro atoms. The van der Waals surface area contributed by atoms with E-state index in [0.717, 1.165) is 47.0 Å². The van der Waals surface area contributed by atoms with Gasteiger partial charge in [-0.15, -0.1) is 0 Å². The first-order valence-electron chi connectivity index (χ1n) is 10.6. The van der Waals surface area contributed by atoms with Crippen LogP contribution in [0.25, 0.3) is 10.9 Å². The Balaban J connectivity index is 0.00000363. The normalized spacial score (nSPS) is 11.2. The molecule has 0 unspecified atom stereocenters. The van der Waals surface area contributed by atoms with E-state index < -0.39 is 5.60 Å². The number of carbonyl (C=O) groups is 2. The van der Waals surface area contributed by atoms with Crippen LogP contribution in [0, 0.1) is 0 Å². The molecule has 3 rings (SSSR count). The summed E-state index contributed by atoms with van der Waals surface area (Å²) in [4.78, 5) is 24.3. The van der Waals surface area contributed by atoms with Crippen LogP contribution >= 0.6 is 0 Å². The number of para-hydroxylation sites is 1. The van der Waals surface area contributed by atoms with Crippen molar-refractivity contribution in [3.63, 3.8) is 0 Å². The number of esters is 1. The van der Waals surface area contributed by atoms with Gasteiger partial charge in [-0.1, -0.05) is 25.1 Å². The molecule has 0 fully saturated rings. The number of aromatic nitrogens is 2. The summed E-state index contributed by atoms with van der Waals surface area (Å²) in [7, 11) is 1.41. The zero-order valence-corrected chi connectivity index (χ0v) is 20.1. The first kappa shape index (κ1) is 25.4. The lowest BCUT2D eigenvalue weighted by Crippen LogP contribution is -3.00. The standard InChI is InChI=1S/C25H31N2O4.ClH/c1-6-18-16-26(13-11-19(18)15-23(28)30-5)14-12-20-17-27(24(29)31-25(2,3)4)22-10-8-7-9-21(20)22;/h7-11,13,16-17H,6,12,14-15H2,1-5H3;1H/q+1;/p-1. The molecule has 0 aliphatic carbocycles. The van der Waals surface area contributed by atoms with Crippen LogP contribution in [-0.4, -0.2) is 29.3 Å². The predicted molar refractivity (Wildman–Crippen MR) is 119 cm³/mol. The molecule has 1 aromatic carbocycles. The van der Waals surface area contributed by atoms with Gasteiger partial charge >= 0.3 is 12.1 Å². The van der Waals surface area contributed by atoms with Gasteiger partial charge in [-0.3, -0.25) is 9.36 Å². The minimum atomic E-state index is -0.555. The van der Waals surface area contributed by atoms with E-state index >= 15 is 0 Å². The molecule has 0 N–H and O–H groups in total. The van der Waals surface area contributed by atoms with Crippen molar-refractivity contribution in [2.24, 2.45) is 0 Å². The maximum atomic E-state index is 12.7. The number of carbonyl (C=O) groups excluding carboxylic acids is 2. The fraction of sp³-hybridized carbons (Fsp3) is 0.400. The van der Waals surface area contributed by atoms with Crippen LogP contribution < -0.4 is 17.0 Å². The van der Waals surface area contributed by atoms with E-state index in [0.29, 0.717) is 0 Å². The highest BCUT2D eigenvalue weighted by atomic mass is 35.5. The summed E-state index contributed by atoms with van der Waals surface area (Å²) < 4.78 is 14.1. The van der Waals surface area contributed by atoms with E-state index in [1.807, 2.05) is 63.5 Å². The van der Waals surface area contributed by atoms with Crippen molar-refractivity contribution in [2.45, 2.75) is 59.1 Å². The lowest BCUT2D eigenvalue weighted by Gasteiger charge is -2.19. The fourth-order valence-electron chi connectivity index (χ4n) is 3.64. The van der Waals surface area contributed by atoms with Crippen LogP contribution in [0.4, 0.5) is 4.79 Å². The van der Waals surface area contributed by atoms with Gasteiger partial charge in [0, 0.05) is 29.6 Å². The number of methoxy groups -OCH3 is 1. The molecule has 7 heteroatoms. The third-order valence-electron chi connectivity index (χ3n) is 5.17. The Morgan fingerprint density at radius 2 is 1.78 bits per heavy atom. The third kappa shape index (κ3) is 6.10. The summed E-state index contributed by atoms with van der Waals surface area (Å²) in [6.07, 6.45) is 7.47. The molecule has 0 atom stereocenters. The molecule has 6 nitrogen and oxygen atoms in total. The van der Waals surface area contributed by atoms with Crippen LogP contribution in [0.1, 0.15) is 44.4 Å². The van der Waals surface area contributed by atoms with Crippen molar-refractivity contribution >= 4 is 23.0 Å². The quantitative estimate of drug-likeness (QED) is 0.412. The van der Waals surface area contributed by atoms with E-state index in [9.17, 15) is 9.59 Å². The summed E-state index contributed by atoms with van der Waals surface area (Å²) in [5.41, 5.74) is 3.50. The Morgan fingerprint density at radius 1 is 1.06 bits per heavy atom. The summed E-state index contributed by atoms with van der Waals surface area (Å²) in [5, 5.41) is 1.05. The fourth-order valence-corrected chi connectivity index (χ4v) is 3.64. The molecule has 2 aromatic heterocycles. The van der Waals surface area contributed by atoms with Crippen molar-refractivity contribution < 1.29 is 36.0 Å². The maximum Gasteiger partial charge on any atom is 0.419 e. The molecule has 0 saturated carbocycles. The monoisotopic (exact) mass is 458 g/mol. The average Bonchev–Trinajstić information content (AvgIpc) is 3.10. The molecular weight excluding hydrogens is 428 g/mol. The Morgan fingerprint density at radius 3 is 2.44 bits per heavy atom. The molecule has 0 aliphatic heterocycles. The number of hydrogen-bond acceptors (Lipinski definition) is 4. The second-order valence-corrected chi connectivity index (χ2v) is 8.61. The van der Waals surface area contributed by atoms with Crippen molar-refractivity contribution in [1.82, 2.24) is 4.57 Å². The number of rotatable bonds is 6. The van der Waals surface area contributed by atoms with Crippen LogP contribution in [0.15, 0.2) is 48.9 Å².